The molecule has 106 valence electrons. The van der Waals surface area contributed by atoms with Gasteiger partial charge in [0.25, 0.3) is 0 Å². The van der Waals surface area contributed by atoms with Gasteiger partial charge in [-0.15, -0.1) is 5.10 Å². The quantitative estimate of drug-likeness (QED) is 0.719. The first-order valence-electron chi connectivity index (χ1n) is 5.86. The van der Waals surface area contributed by atoms with Crippen LogP contribution in [-0.2, 0) is 0 Å². The molecule has 5 nitrogen and oxygen atoms in total. The van der Waals surface area contributed by atoms with Crippen LogP contribution in [0.5, 0.6) is 0 Å². The molecule has 3 aromatic rings. The van der Waals surface area contributed by atoms with Crippen molar-refractivity contribution in [1.82, 2.24) is 20.2 Å². The highest BCUT2D eigenvalue weighted by atomic mass is 35.5. The lowest BCUT2D eigenvalue weighted by atomic mass is 10.1. The molecule has 0 spiro atoms. The van der Waals surface area contributed by atoms with E-state index in [1.807, 2.05) is 0 Å². The summed E-state index contributed by atoms with van der Waals surface area (Å²) in [7, 11) is 0. The normalized spacial score (nSPS) is 10.8. The van der Waals surface area contributed by atoms with Crippen molar-refractivity contribution in [2.75, 3.05) is 5.73 Å². The summed E-state index contributed by atoms with van der Waals surface area (Å²) in [5.74, 6) is 0.407. The molecular weight excluding hydrogens is 333 g/mol. The van der Waals surface area contributed by atoms with Crippen LogP contribution in [0, 0.1) is 0 Å². The summed E-state index contributed by atoms with van der Waals surface area (Å²) in [6.07, 6.45) is 0. The lowest BCUT2D eigenvalue weighted by Gasteiger charge is -2.10. The van der Waals surface area contributed by atoms with Crippen LogP contribution in [-0.4, -0.2) is 20.2 Å². The molecule has 0 aliphatic rings. The fourth-order valence-corrected chi connectivity index (χ4v) is 2.65. The van der Waals surface area contributed by atoms with Crippen molar-refractivity contribution in [3.05, 3.63) is 51.5 Å². The average Bonchev–Trinajstić information content (AvgIpc) is 2.90. The van der Waals surface area contributed by atoms with Crippen LogP contribution in [0.15, 0.2) is 36.4 Å². The molecule has 21 heavy (non-hydrogen) atoms. The van der Waals surface area contributed by atoms with E-state index in [4.69, 9.17) is 40.5 Å². The van der Waals surface area contributed by atoms with Crippen molar-refractivity contribution < 1.29 is 0 Å². The minimum absolute atomic E-state index is 0.407. The van der Waals surface area contributed by atoms with E-state index >= 15 is 0 Å². The highest BCUT2D eigenvalue weighted by molar-refractivity contribution is 6.37. The summed E-state index contributed by atoms with van der Waals surface area (Å²) in [5, 5.41) is 13.0. The maximum absolute atomic E-state index is 6.19. The first-order chi connectivity index (χ1) is 10.1. The number of tetrazole rings is 1. The Hall–Kier alpha value is -1.82. The first kappa shape index (κ1) is 14.1. The van der Waals surface area contributed by atoms with Gasteiger partial charge in [0, 0.05) is 16.3 Å². The highest BCUT2D eigenvalue weighted by Crippen LogP contribution is 2.33. The monoisotopic (exact) mass is 339 g/mol. The molecule has 0 bridgehead atoms. The molecule has 2 N–H and O–H groups in total. The van der Waals surface area contributed by atoms with E-state index in [9.17, 15) is 0 Å². The van der Waals surface area contributed by atoms with Crippen molar-refractivity contribution in [3.63, 3.8) is 0 Å². The van der Waals surface area contributed by atoms with Crippen LogP contribution < -0.4 is 5.73 Å². The number of halogens is 3. The summed E-state index contributed by atoms with van der Waals surface area (Å²) in [6, 6.07) is 10.2. The maximum atomic E-state index is 6.19. The lowest BCUT2D eigenvalue weighted by molar-refractivity contribution is 0.791. The Balaban J connectivity index is 2.25. The Bertz CT molecular complexity index is 795. The molecule has 0 saturated heterocycles. The van der Waals surface area contributed by atoms with E-state index in [1.54, 1.807) is 36.4 Å². The lowest BCUT2D eigenvalue weighted by Crippen LogP contribution is -2.03. The predicted octanol–water partition coefficient (Wildman–Crippen LogP) is 3.87. The van der Waals surface area contributed by atoms with Crippen molar-refractivity contribution in [3.8, 4) is 17.1 Å². The maximum Gasteiger partial charge on any atom is 0.189 e. The van der Waals surface area contributed by atoms with Gasteiger partial charge in [-0.3, -0.25) is 0 Å². The Morgan fingerprint density at radius 1 is 1.00 bits per heavy atom. The third kappa shape index (κ3) is 2.55. The first-order valence-corrected chi connectivity index (χ1v) is 6.99. The molecule has 0 radical (unpaired) electrons. The van der Waals surface area contributed by atoms with Gasteiger partial charge in [0.1, 0.15) is 5.69 Å². The van der Waals surface area contributed by atoms with Gasteiger partial charge in [-0.05, 0) is 40.8 Å². The molecule has 1 aromatic heterocycles. The van der Waals surface area contributed by atoms with Gasteiger partial charge in [-0.25, -0.2) is 0 Å². The molecule has 0 aliphatic carbocycles. The summed E-state index contributed by atoms with van der Waals surface area (Å²) >= 11 is 18.4. The third-order valence-corrected chi connectivity index (χ3v) is 3.72. The number of anilines is 1. The molecule has 2 aromatic carbocycles. The van der Waals surface area contributed by atoms with Gasteiger partial charge in [-0.1, -0.05) is 40.9 Å². The van der Waals surface area contributed by atoms with Crippen molar-refractivity contribution >= 4 is 40.5 Å². The zero-order valence-corrected chi connectivity index (χ0v) is 12.7. The van der Waals surface area contributed by atoms with Crippen LogP contribution in [0.2, 0.25) is 15.1 Å². The molecule has 3 rings (SSSR count). The van der Waals surface area contributed by atoms with E-state index in [-0.39, 0.29) is 0 Å². The molecule has 0 fully saturated rings. The SMILES string of the molecule is Nc1ccc(Cl)cc1-c1nnnn1-c1c(Cl)cccc1Cl. The molecule has 0 aliphatic heterocycles. The van der Waals surface area contributed by atoms with Crippen LogP contribution in [0.1, 0.15) is 0 Å². The average molecular weight is 341 g/mol. The Labute approximate surface area is 135 Å². The summed E-state index contributed by atoms with van der Waals surface area (Å²) in [6.45, 7) is 0. The molecule has 0 atom stereocenters. The van der Waals surface area contributed by atoms with Gasteiger partial charge in [0.05, 0.1) is 10.0 Å². The molecular formula is C13H8Cl3N5. The van der Waals surface area contributed by atoms with Crippen LogP contribution in [0.3, 0.4) is 0 Å². The number of nitrogens with zero attached hydrogens (tertiary/aromatic N) is 4. The Kier molecular flexibility index (Phi) is 3.71. The largest absolute Gasteiger partial charge is 0.398 e. The smallest absolute Gasteiger partial charge is 0.189 e. The highest BCUT2D eigenvalue weighted by Gasteiger charge is 2.18. The fourth-order valence-electron chi connectivity index (χ4n) is 1.92. The van der Waals surface area contributed by atoms with E-state index in [1.165, 1.54) is 4.68 Å². The minimum atomic E-state index is 0.407. The molecule has 0 amide bonds. The van der Waals surface area contributed by atoms with Gasteiger partial charge in [0.15, 0.2) is 5.82 Å². The van der Waals surface area contributed by atoms with Gasteiger partial charge < -0.3 is 5.73 Å². The topological polar surface area (TPSA) is 69.6 Å². The van der Waals surface area contributed by atoms with Crippen LogP contribution >= 0.6 is 34.8 Å². The molecule has 0 saturated carbocycles. The number of nitrogen functional groups attached to an aromatic ring is 1. The molecule has 0 unspecified atom stereocenters. The van der Waals surface area contributed by atoms with E-state index in [0.29, 0.717) is 37.8 Å². The van der Waals surface area contributed by atoms with Gasteiger partial charge in [0.2, 0.25) is 0 Å². The van der Waals surface area contributed by atoms with E-state index in [2.05, 4.69) is 15.5 Å². The summed E-state index contributed by atoms with van der Waals surface area (Å²) < 4.78 is 1.44. The van der Waals surface area contributed by atoms with E-state index in [0.717, 1.165) is 0 Å². The summed E-state index contributed by atoms with van der Waals surface area (Å²) in [4.78, 5) is 0. The fraction of sp³-hybridized carbons (Fsp3) is 0. The van der Waals surface area contributed by atoms with E-state index < -0.39 is 0 Å². The number of benzene rings is 2. The van der Waals surface area contributed by atoms with Crippen molar-refractivity contribution in [2.45, 2.75) is 0 Å². The minimum Gasteiger partial charge on any atom is -0.398 e. The van der Waals surface area contributed by atoms with Gasteiger partial charge in [-0.2, -0.15) is 4.68 Å². The second kappa shape index (κ2) is 5.52. The summed E-state index contributed by atoms with van der Waals surface area (Å²) in [5.41, 5.74) is 7.56. The van der Waals surface area contributed by atoms with Gasteiger partial charge >= 0.3 is 0 Å². The number of hydrogen-bond donors (Lipinski definition) is 1. The number of nitrogens with two attached hydrogens (primary N) is 1. The number of aromatic nitrogens is 4. The number of para-hydroxylation sites is 1. The number of hydrogen-bond acceptors (Lipinski definition) is 4. The van der Waals surface area contributed by atoms with Crippen LogP contribution in [0.4, 0.5) is 5.69 Å². The number of rotatable bonds is 2. The van der Waals surface area contributed by atoms with Crippen molar-refractivity contribution in [1.29, 1.82) is 0 Å². The zero-order valence-electron chi connectivity index (χ0n) is 10.5. The Morgan fingerprint density at radius 3 is 2.43 bits per heavy atom. The third-order valence-electron chi connectivity index (χ3n) is 2.88. The molecule has 8 heteroatoms. The standard InChI is InChI=1S/C13H8Cl3N5/c14-7-4-5-11(17)8(6-7)13-18-19-20-21(13)12-9(15)2-1-3-10(12)16/h1-6H,17H2. The second-order valence-corrected chi connectivity index (χ2v) is 5.47. The van der Waals surface area contributed by atoms with Crippen LogP contribution in [0.25, 0.3) is 17.1 Å². The van der Waals surface area contributed by atoms with Crippen molar-refractivity contribution in [2.24, 2.45) is 0 Å². The zero-order chi connectivity index (χ0) is 15.0. The Morgan fingerprint density at radius 2 is 1.71 bits per heavy atom. The predicted molar refractivity (Wildman–Crippen MR) is 84.0 cm³/mol. The second-order valence-electron chi connectivity index (χ2n) is 4.22. The molecule has 1 heterocycles.